The van der Waals surface area contributed by atoms with Crippen molar-refractivity contribution >= 4 is 11.6 Å². The number of halogens is 3. The van der Waals surface area contributed by atoms with Crippen molar-refractivity contribution in [3.05, 3.63) is 59.0 Å². The fourth-order valence-corrected chi connectivity index (χ4v) is 3.99. The van der Waals surface area contributed by atoms with Crippen LogP contribution in [-0.4, -0.2) is 43.7 Å². The van der Waals surface area contributed by atoms with Gasteiger partial charge >= 0.3 is 6.18 Å². The first-order valence-corrected chi connectivity index (χ1v) is 10.7. The molecule has 3 heterocycles. The van der Waals surface area contributed by atoms with Crippen LogP contribution in [0.3, 0.4) is 0 Å². The zero-order chi connectivity index (χ0) is 23.1. The molecule has 1 saturated heterocycles. The van der Waals surface area contributed by atoms with Crippen molar-refractivity contribution < 1.29 is 18.0 Å². The summed E-state index contributed by atoms with van der Waals surface area (Å²) in [5.74, 6) is 0.739. The Bertz CT molecular complexity index is 1120. The van der Waals surface area contributed by atoms with E-state index in [0.29, 0.717) is 37.1 Å². The van der Waals surface area contributed by atoms with Gasteiger partial charge < -0.3 is 4.90 Å². The van der Waals surface area contributed by atoms with E-state index >= 15 is 0 Å². The van der Waals surface area contributed by atoms with Gasteiger partial charge in [-0.1, -0.05) is 39.0 Å². The third kappa shape index (κ3) is 4.61. The molecule has 4 rings (SSSR count). The molecule has 0 N–H and O–H groups in total. The lowest BCUT2D eigenvalue weighted by atomic mass is 9.92. The first-order valence-electron chi connectivity index (χ1n) is 10.7. The van der Waals surface area contributed by atoms with Gasteiger partial charge in [0.25, 0.3) is 0 Å². The monoisotopic (exact) mass is 445 g/mol. The Balaban J connectivity index is 1.43. The van der Waals surface area contributed by atoms with Crippen molar-refractivity contribution in [3.8, 4) is 0 Å². The van der Waals surface area contributed by atoms with Crippen molar-refractivity contribution in [3.63, 3.8) is 0 Å². The summed E-state index contributed by atoms with van der Waals surface area (Å²) in [6.45, 7) is 7.34. The second-order valence-electron chi connectivity index (χ2n) is 9.33. The molecule has 0 unspecified atom stereocenters. The van der Waals surface area contributed by atoms with Gasteiger partial charge in [-0.2, -0.15) is 22.8 Å². The molecule has 1 aliphatic rings. The number of nitrogens with zero attached hydrogens (tertiary/aromatic N) is 5. The molecule has 2 aromatic heterocycles. The molecule has 0 saturated carbocycles. The molecule has 170 valence electrons. The van der Waals surface area contributed by atoms with E-state index in [0.717, 1.165) is 23.7 Å². The quantitative estimate of drug-likeness (QED) is 0.600. The third-order valence-electron chi connectivity index (χ3n) is 5.88. The molecular weight excluding hydrogens is 419 g/mol. The Morgan fingerprint density at radius 1 is 1.06 bits per heavy atom. The fraction of sp³-hybridized carbons (Fsp3) is 0.478. The largest absolute Gasteiger partial charge is 0.416 e. The van der Waals surface area contributed by atoms with Crippen LogP contribution in [0.5, 0.6) is 0 Å². The van der Waals surface area contributed by atoms with Gasteiger partial charge in [-0.15, -0.1) is 10.2 Å². The van der Waals surface area contributed by atoms with Crippen LogP contribution in [0.4, 0.5) is 13.2 Å². The van der Waals surface area contributed by atoms with Gasteiger partial charge in [0.05, 0.1) is 17.7 Å². The lowest BCUT2D eigenvalue weighted by Crippen LogP contribution is -2.39. The lowest BCUT2D eigenvalue weighted by Gasteiger charge is -2.31. The number of alkyl halides is 3. The highest BCUT2D eigenvalue weighted by molar-refractivity contribution is 5.79. The molecule has 3 aromatic rings. The maximum Gasteiger partial charge on any atom is 0.416 e. The average molecular weight is 445 g/mol. The van der Waals surface area contributed by atoms with Gasteiger partial charge in [0.15, 0.2) is 11.5 Å². The SMILES string of the molecule is CC(C)(C)c1ccc2nnc(C3CCN(C(=O)Cc4cccc(C(F)(F)F)c4)CC3)n2n1. The van der Waals surface area contributed by atoms with Crippen molar-refractivity contribution in [1.29, 1.82) is 0 Å². The number of carbonyl (C=O) groups is 1. The highest BCUT2D eigenvalue weighted by Crippen LogP contribution is 2.31. The number of likely N-dealkylation sites (tertiary alicyclic amines) is 1. The Labute approximate surface area is 184 Å². The van der Waals surface area contributed by atoms with E-state index < -0.39 is 11.7 Å². The van der Waals surface area contributed by atoms with Crippen LogP contribution in [0, 0.1) is 0 Å². The predicted molar refractivity (Wildman–Crippen MR) is 113 cm³/mol. The molecule has 0 atom stereocenters. The topological polar surface area (TPSA) is 63.4 Å². The van der Waals surface area contributed by atoms with Crippen molar-refractivity contribution in [2.45, 2.75) is 57.5 Å². The summed E-state index contributed by atoms with van der Waals surface area (Å²) in [7, 11) is 0. The minimum absolute atomic E-state index is 0.0427. The maximum absolute atomic E-state index is 12.9. The molecule has 0 aliphatic carbocycles. The van der Waals surface area contributed by atoms with E-state index in [1.807, 2.05) is 12.1 Å². The first kappa shape index (κ1) is 22.2. The van der Waals surface area contributed by atoms with Gasteiger partial charge in [0.1, 0.15) is 0 Å². The number of piperidine rings is 1. The molecule has 9 heteroatoms. The first-order chi connectivity index (χ1) is 15.0. The number of hydrogen-bond donors (Lipinski definition) is 0. The molecule has 1 fully saturated rings. The summed E-state index contributed by atoms with van der Waals surface area (Å²) in [6, 6.07) is 8.83. The number of hydrogen-bond acceptors (Lipinski definition) is 4. The number of aromatic nitrogens is 4. The smallest absolute Gasteiger partial charge is 0.342 e. The van der Waals surface area contributed by atoms with Gasteiger partial charge in [-0.25, -0.2) is 0 Å². The van der Waals surface area contributed by atoms with E-state index in [1.54, 1.807) is 15.5 Å². The molecule has 0 radical (unpaired) electrons. The van der Waals surface area contributed by atoms with Gasteiger partial charge in [0, 0.05) is 24.4 Å². The molecule has 32 heavy (non-hydrogen) atoms. The van der Waals surface area contributed by atoms with Crippen molar-refractivity contribution in [1.82, 2.24) is 24.7 Å². The van der Waals surface area contributed by atoms with Crippen LogP contribution in [-0.2, 0) is 22.8 Å². The van der Waals surface area contributed by atoms with Crippen LogP contribution >= 0.6 is 0 Å². The van der Waals surface area contributed by atoms with Gasteiger partial charge in [-0.3, -0.25) is 4.79 Å². The zero-order valence-corrected chi connectivity index (χ0v) is 18.4. The minimum atomic E-state index is -4.42. The highest BCUT2D eigenvalue weighted by atomic mass is 19.4. The number of amides is 1. The minimum Gasteiger partial charge on any atom is -0.342 e. The molecule has 0 spiro atoms. The molecule has 1 amide bonds. The Hall–Kier alpha value is -2.97. The number of benzene rings is 1. The summed E-state index contributed by atoms with van der Waals surface area (Å²) in [5, 5.41) is 13.3. The van der Waals surface area contributed by atoms with Crippen LogP contribution in [0.15, 0.2) is 36.4 Å². The number of rotatable bonds is 3. The molecule has 0 bridgehead atoms. The van der Waals surface area contributed by atoms with E-state index in [2.05, 4.69) is 31.0 Å². The van der Waals surface area contributed by atoms with Crippen LogP contribution in [0.1, 0.15) is 62.2 Å². The fourth-order valence-electron chi connectivity index (χ4n) is 3.99. The second kappa shape index (κ2) is 8.18. The summed E-state index contributed by atoms with van der Waals surface area (Å²) >= 11 is 0. The molecular formula is C23H26F3N5O. The van der Waals surface area contributed by atoms with Crippen LogP contribution < -0.4 is 0 Å². The van der Waals surface area contributed by atoms with Crippen LogP contribution in [0.2, 0.25) is 0 Å². The third-order valence-corrected chi connectivity index (χ3v) is 5.88. The normalized spacial score (nSPS) is 16.0. The Morgan fingerprint density at radius 2 is 1.78 bits per heavy atom. The van der Waals surface area contributed by atoms with Crippen molar-refractivity contribution in [2.24, 2.45) is 0 Å². The van der Waals surface area contributed by atoms with Gasteiger partial charge in [0.2, 0.25) is 5.91 Å². The summed E-state index contributed by atoms with van der Waals surface area (Å²) in [4.78, 5) is 14.4. The number of fused-ring (bicyclic) bond motifs is 1. The molecule has 1 aliphatic heterocycles. The second-order valence-corrected chi connectivity index (χ2v) is 9.33. The van der Waals surface area contributed by atoms with E-state index in [9.17, 15) is 18.0 Å². The standard InChI is InChI=1S/C23H26F3N5O/c1-22(2,3)18-7-8-19-27-28-21(31(19)29-18)16-9-11-30(12-10-16)20(32)14-15-5-4-6-17(13-15)23(24,25)26/h4-8,13,16H,9-12,14H2,1-3H3. The van der Waals surface area contributed by atoms with E-state index in [-0.39, 0.29) is 23.7 Å². The summed E-state index contributed by atoms with van der Waals surface area (Å²) < 4.78 is 40.6. The summed E-state index contributed by atoms with van der Waals surface area (Å²) in [6.07, 6.45) is -3.05. The predicted octanol–water partition coefficient (Wildman–Crippen LogP) is 4.39. The lowest BCUT2D eigenvalue weighted by molar-refractivity contribution is -0.138. The van der Waals surface area contributed by atoms with Crippen molar-refractivity contribution in [2.75, 3.05) is 13.1 Å². The van der Waals surface area contributed by atoms with Crippen LogP contribution in [0.25, 0.3) is 5.65 Å². The van der Waals surface area contributed by atoms with E-state index in [4.69, 9.17) is 5.10 Å². The maximum atomic E-state index is 12.9. The Kier molecular flexibility index (Phi) is 5.68. The number of carbonyl (C=O) groups excluding carboxylic acids is 1. The van der Waals surface area contributed by atoms with Gasteiger partial charge in [-0.05, 0) is 36.6 Å². The molecule has 6 nitrogen and oxygen atoms in total. The highest BCUT2D eigenvalue weighted by Gasteiger charge is 2.31. The van der Waals surface area contributed by atoms with E-state index in [1.165, 1.54) is 6.07 Å². The molecule has 1 aromatic carbocycles. The zero-order valence-electron chi connectivity index (χ0n) is 18.4. The summed E-state index contributed by atoms with van der Waals surface area (Å²) in [5.41, 5.74) is 1.17. The average Bonchev–Trinajstić information content (AvgIpc) is 3.16. The Morgan fingerprint density at radius 3 is 2.44 bits per heavy atom.